The molecule has 0 heterocycles. The normalized spacial score (nSPS) is 11.8. The van der Waals surface area contributed by atoms with Gasteiger partial charge in [0.15, 0.2) is 0 Å². The first-order valence-corrected chi connectivity index (χ1v) is 16.6. The van der Waals surface area contributed by atoms with Crippen LogP contribution in [0.2, 0.25) is 15.1 Å². The van der Waals surface area contributed by atoms with E-state index in [1.54, 1.807) is 43.3 Å². The third-order valence-corrected chi connectivity index (χ3v) is 9.81. The molecule has 1 N–H and O–H groups in total. The Hall–Kier alpha value is -3.76. The Morgan fingerprint density at radius 3 is 2.09 bits per heavy atom. The number of methoxy groups -OCH3 is 1. The fourth-order valence-electron chi connectivity index (χ4n) is 4.74. The Morgan fingerprint density at radius 2 is 1.49 bits per heavy atom. The van der Waals surface area contributed by atoms with Crippen molar-refractivity contribution in [2.24, 2.45) is 0 Å². The van der Waals surface area contributed by atoms with Gasteiger partial charge < -0.3 is 15.0 Å². The van der Waals surface area contributed by atoms with E-state index < -0.39 is 28.5 Å². The number of anilines is 1. The SMILES string of the molecule is CCNC(=O)C(Cc1ccccc1)N(Cc1ccc(Cl)c(Cl)c1)C(=O)CN(c1ccc(OC)c(Cl)c1)S(=O)(=O)c1ccccc1. The highest BCUT2D eigenvalue weighted by Gasteiger charge is 2.34. The fourth-order valence-corrected chi connectivity index (χ4v) is 6.74. The van der Waals surface area contributed by atoms with Crippen LogP contribution in [0.25, 0.3) is 0 Å². The zero-order chi connectivity index (χ0) is 32.6. The van der Waals surface area contributed by atoms with Crippen LogP contribution < -0.4 is 14.4 Å². The van der Waals surface area contributed by atoms with Gasteiger partial charge in [-0.25, -0.2) is 8.42 Å². The second-order valence-corrected chi connectivity index (χ2v) is 13.1. The summed E-state index contributed by atoms with van der Waals surface area (Å²) in [5, 5.41) is 3.60. The van der Waals surface area contributed by atoms with Gasteiger partial charge in [-0.2, -0.15) is 0 Å². The molecule has 1 atom stereocenters. The van der Waals surface area contributed by atoms with Crippen molar-refractivity contribution in [2.45, 2.75) is 30.8 Å². The van der Waals surface area contributed by atoms with Crippen molar-refractivity contribution in [1.29, 1.82) is 0 Å². The zero-order valence-electron chi connectivity index (χ0n) is 24.6. The maximum atomic E-state index is 14.4. The number of likely N-dealkylation sites (N-methyl/N-ethyl adjacent to an activating group) is 1. The Morgan fingerprint density at radius 1 is 0.822 bits per heavy atom. The number of carbonyl (C=O) groups is 2. The van der Waals surface area contributed by atoms with Gasteiger partial charge in [0.25, 0.3) is 10.0 Å². The van der Waals surface area contributed by atoms with Gasteiger partial charge in [0, 0.05) is 19.5 Å². The Kier molecular flexibility index (Phi) is 11.7. The first kappa shape index (κ1) is 34.1. The van der Waals surface area contributed by atoms with Crippen molar-refractivity contribution in [3.8, 4) is 5.75 Å². The molecule has 0 aliphatic carbocycles. The minimum atomic E-state index is -4.27. The second-order valence-electron chi connectivity index (χ2n) is 10.0. The van der Waals surface area contributed by atoms with Crippen molar-refractivity contribution >= 4 is 62.3 Å². The summed E-state index contributed by atoms with van der Waals surface area (Å²) in [6.07, 6.45) is 0.180. The lowest BCUT2D eigenvalue weighted by Crippen LogP contribution is -2.53. The molecule has 0 bridgehead atoms. The quantitative estimate of drug-likeness (QED) is 0.170. The molecule has 4 rings (SSSR count). The number of hydrogen-bond donors (Lipinski definition) is 1. The summed E-state index contributed by atoms with van der Waals surface area (Å²) in [4.78, 5) is 29.4. The van der Waals surface area contributed by atoms with E-state index in [1.165, 1.54) is 42.3 Å². The molecule has 0 aromatic heterocycles. The van der Waals surface area contributed by atoms with Gasteiger partial charge in [-0.15, -0.1) is 0 Å². The molecule has 0 radical (unpaired) electrons. The molecule has 45 heavy (non-hydrogen) atoms. The number of hydrogen-bond acceptors (Lipinski definition) is 5. The lowest BCUT2D eigenvalue weighted by Gasteiger charge is -2.34. The zero-order valence-corrected chi connectivity index (χ0v) is 27.7. The smallest absolute Gasteiger partial charge is 0.264 e. The van der Waals surface area contributed by atoms with E-state index in [1.807, 2.05) is 30.3 Å². The number of benzene rings is 4. The van der Waals surface area contributed by atoms with Gasteiger partial charge in [-0.1, -0.05) is 89.4 Å². The van der Waals surface area contributed by atoms with Crippen LogP contribution in [0.1, 0.15) is 18.1 Å². The van der Waals surface area contributed by atoms with Crippen molar-refractivity contribution in [2.75, 3.05) is 24.5 Å². The van der Waals surface area contributed by atoms with E-state index in [0.717, 1.165) is 9.87 Å². The molecule has 2 amide bonds. The summed E-state index contributed by atoms with van der Waals surface area (Å²) in [6, 6.07) is 25.4. The average Bonchev–Trinajstić information content (AvgIpc) is 3.04. The molecule has 4 aromatic carbocycles. The van der Waals surface area contributed by atoms with Gasteiger partial charge in [0.1, 0.15) is 18.3 Å². The van der Waals surface area contributed by atoms with Crippen LogP contribution in [0, 0.1) is 0 Å². The monoisotopic (exact) mass is 687 g/mol. The number of ether oxygens (including phenoxy) is 1. The number of nitrogens with one attached hydrogen (secondary N) is 1. The fraction of sp³-hybridized carbons (Fsp3) is 0.212. The molecular weight excluding hydrogens is 657 g/mol. The van der Waals surface area contributed by atoms with E-state index in [-0.39, 0.29) is 39.5 Å². The number of amides is 2. The summed E-state index contributed by atoms with van der Waals surface area (Å²) in [6.45, 7) is 1.43. The van der Waals surface area contributed by atoms with Crippen molar-refractivity contribution in [1.82, 2.24) is 10.2 Å². The van der Waals surface area contributed by atoms with Crippen LogP contribution in [-0.2, 0) is 32.6 Å². The van der Waals surface area contributed by atoms with E-state index in [9.17, 15) is 18.0 Å². The van der Waals surface area contributed by atoms with E-state index in [2.05, 4.69) is 5.32 Å². The number of carbonyl (C=O) groups excluding carboxylic acids is 2. The van der Waals surface area contributed by atoms with Gasteiger partial charge in [-0.3, -0.25) is 13.9 Å². The minimum absolute atomic E-state index is 0.0228. The largest absolute Gasteiger partial charge is 0.495 e. The highest BCUT2D eigenvalue weighted by atomic mass is 35.5. The topological polar surface area (TPSA) is 96.0 Å². The molecule has 236 valence electrons. The summed E-state index contributed by atoms with van der Waals surface area (Å²) in [5.41, 5.74) is 1.56. The Balaban J connectivity index is 1.82. The molecule has 0 aliphatic heterocycles. The molecule has 4 aromatic rings. The third kappa shape index (κ3) is 8.49. The highest BCUT2D eigenvalue weighted by Crippen LogP contribution is 2.32. The number of halogens is 3. The van der Waals surface area contributed by atoms with Crippen molar-refractivity contribution in [3.05, 3.63) is 123 Å². The summed E-state index contributed by atoms with van der Waals surface area (Å²) >= 11 is 18.9. The summed E-state index contributed by atoms with van der Waals surface area (Å²) in [7, 11) is -2.83. The van der Waals surface area contributed by atoms with E-state index in [4.69, 9.17) is 39.5 Å². The van der Waals surface area contributed by atoms with Gasteiger partial charge >= 0.3 is 0 Å². The molecule has 12 heteroatoms. The molecule has 1 unspecified atom stereocenters. The number of nitrogens with zero attached hydrogens (tertiary/aromatic N) is 2. The number of rotatable bonds is 13. The van der Waals surface area contributed by atoms with Gasteiger partial charge in [0.05, 0.1) is 32.8 Å². The predicted molar refractivity (Wildman–Crippen MR) is 179 cm³/mol. The van der Waals surface area contributed by atoms with Crippen LogP contribution in [0.3, 0.4) is 0 Å². The molecule has 0 saturated heterocycles. The third-order valence-electron chi connectivity index (χ3n) is 6.99. The first-order chi connectivity index (χ1) is 21.5. The lowest BCUT2D eigenvalue weighted by atomic mass is 10.0. The van der Waals surface area contributed by atoms with Crippen LogP contribution in [0.15, 0.2) is 102 Å². The van der Waals surface area contributed by atoms with Crippen molar-refractivity contribution in [3.63, 3.8) is 0 Å². The van der Waals surface area contributed by atoms with Crippen LogP contribution in [0.4, 0.5) is 5.69 Å². The Labute approximate surface area is 278 Å². The maximum Gasteiger partial charge on any atom is 0.264 e. The highest BCUT2D eigenvalue weighted by molar-refractivity contribution is 7.92. The van der Waals surface area contributed by atoms with Crippen LogP contribution in [0.5, 0.6) is 5.75 Å². The molecule has 0 aliphatic rings. The molecule has 8 nitrogen and oxygen atoms in total. The van der Waals surface area contributed by atoms with Gasteiger partial charge in [0.2, 0.25) is 11.8 Å². The number of sulfonamides is 1. The van der Waals surface area contributed by atoms with Crippen LogP contribution in [-0.4, -0.2) is 51.4 Å². The average molecular weight is 689 g/mol. The summed E-state index contributed by atoms with van der Waals surface area (Å²) in [5.74, 6) is -0.677. The molecule has 0 spiro atoms. The van der Waals surface area contributed by atoms with Gasteiger partial charge in [-0.05, 0) is 60.5 Å². The summed E-state index contributed by atoms with van der Waals surface area (Å²) < 4.78 is 34.4. The Bertz CT molecular complexity index is 1740. The molecule has 0 fully saturated rings. The lowest BCUT2D eigenvalue weighted by molar-refractivity contribution is -0.140. The van der Waals surface area contributed by atoms with E-state index in [0.29, 0.717) is 22.9 Å². The maximum absolute atomic E-state index is 14.4. The first-order valence-electron chi connectivity index (χ1n) is 14.0. The van der Waals surface area contributed by atoms with Crippen LogP contribution >= 0.6 is 34.8 Å². The van der Waals surface area contributed by atoms with Crippen molar-refractivity contribution < 1.29 is 22.7 Å². The second kappa shape index (κ2) is 15.5. The standard InChI is InChI=1S/C33H32Cl3N3O5S/c1-3-37-33(41)30(19-23-10-6-4-7-11-23)38(21-24-14-16-27(34)28(35)18-24)32(40)22-39(25-15-17-31(44-2)29(36)20-25)45(42,43)26-12-8-5-9-13-26/h4-18,20,30H,3,19,21-22H2,1-2H3,(H,37,41). The molecule has 0 saturated carbocycles. The van der Waals surface area contributed by atoms with E-state index >= 15 is 0 Å². The predicted octanol–water partition coefficient (Wildman–Crippen LogP) is 6.63. The molecular formula is C33H32Cl3N3O5S. The minimum Gasteiger partial charge on any atom is -0.495 e.